The quantitative estimate of drug-likeness (QED) is 0.579. The smallest absolute Gasteiger partial charge is 0.191 e. The number of hydrogen-bond acceptors (Lipinski definition) is 3. The highest BCUT2D eigenvalue weighted by Gasteiger charge is 2.21. The first-order chi connectivity index (χ1) is 11.2. The summed E-state index contributed by atoms with van der Waals surface area (Å²) in [6.45, 7) is 14.6. The maximum Gasteiger partial charge on any atom is 0.191 e. The molecule has 2 saturated heterocycles. The van der Waals surface area contributed by atoms with Crippen molar-refractivity contribution in [3.8, 4) is 0 Å². The maximum absolute atomic E-state index is 4.79. The fourth-order valence-corrected chi connectivity index (χ4v) is 3.56. The molecule has 134 valence electrons. The molecule has 0 amide bonds. The molecule has 2 aliphatic rings. The highest BCUT2D eigenvalue weighted by Crippen LogP contribution is 2.13. The third-order valence-electron chi connectivity index (χ3n) is 5.08. The van der Waals surface area contributed by atoms with E-state index in [1.54, 1.807) is 0 Å². The third-order valence-corrected chi connectivity index (χ3v) is 5.08. The van der Waals surface area contributed by atoms with Crippen molar-refractivity contribution >= 4 is 5.96 Å². The number of aliphatic imine (C=N–C) groups is 1. The van der Waals surface area contributed by atoms with Crippen LogP contribution in [-0.4, -0.2) is 73.7 Å². The molecule has 0 aromatic carbocycles. The molecule has 0 saturated carbocycles. The number of nitrogens with zero attached hydrogens (tertiary/aromatic N) is 3. The Kier molecular flexibility index (Phi) is 8.17. The Labute approximate surface area is 142 Å². The van der Waals surface area contributed by atoms with E-state index in [4.69, 9.17) is 4.99 Å². The molecular formula is C18H37N5. The molecule has 0 aromatic heterocycles. The van der Waals surface area contributed by atoms with E-state index in [0.717, 1.165) is 25.6 Å². The summed E-state index contributed by atoms with van der Waals surface area (Å²) in [5, 5.41) is 7.06. The molecule has 0 spiro atoms. The molecule has 0 unspecified atom stereocenters. The van der Waals surface area contributed by atoms with E-state index in [1.807, 2.05) is 0 Å². The molecule has 2 fully saturated rings. The van der Waals surface area contributed by atoms with Gasteiger partial charge in [-0.15, -0.1) is 0 Å². The van der Waals surface area contributed by atoms with Gasteiger partial charge in [-0.3, -0.25) is 4.99 Å². The molecule has 0 aromatic rings. The number of piperidine rings is 2. The number of nitrogens with one attached hydrogen (secondary N) is 2. The first-order valence-electron chi connectivity index (χ1n) is 9.70. The summed E-state index contributed by atoms with van der Waals surface area (Å²) >= 11 is 0. The van der Waals surface area contributed by atoms with Gasteiger partial charge in [0, 0.05) is 38.3 Å². The van der Waals surface area contributed by atoms with Crippen LogP contribution in [0.4, 0.5) is 0 Å². The first kappa shape index (κ1) is 18.5. The van der Waals surface area contributed by atoms with Crippen LogP contribution in [-0.2, 0) is 0 Å². The predicted octanol–water partition coefficient (Wildman–Crippen LogP) is 1.90. The number of rotatable bonds is 6. The summed E-state index contributed by atoms with van der Waals surface area (Å²) in [5.41, 5.74) is 0. The van der Waals surface area contributed by atoms with Crippen molar-refractivity contribution in [2.75, 3.05) is 45.8 Å². The van der Waals surface area contributed by atoms with Crippen molar-refractivity contribution in [3.63, 3.8) is 0 Å². The van der Waals surface area contributed by atoms with Crippen LogP contribution in [0, 0.1) is 0 Å². The average Bonchev–Trinajstić information content (AvgIpc) is 2.56. The lowest BCUT2D eigenvalue weighted by Crippen LogP contribution is -2.50. The standard InChI is InChI=1S/C18H37N5/c1-4-19-18(20-10-15-22-11-6-5-7-12-22)21-17-8-13-23(14-9-17)16(2)3/h16-17H,4-15H2,1-3H3,(H2,19,20,21). The molecule has 5 nitrogen and oxygen atoms in total. The molecule has 5 heteroatoms. The van der Waals surface area contributed by atoms with Crippen LogP contribution in [0.1, 0.15) is 52.9 Å². The van der Waals surface area contributed by atoms with Crippen molar-refractivity contribution in [2.45, 2.75) is 65.0 Å². The zero-order valence-electron chi connectivity index (χ0n) is 15.5. The van der Waals surface area contributed by atoms with Gasteiger partial charge in [0.2, 0.25) is 0 Å². The second-order valence-electron chi connectivity index (χ2n) is 7.21. The van der Waals surface area contributed by atoms with Crippen LogP contribution in [0.2, 0.25) is 0 Å². The fraction of sp³-hybridized carbons (Fsp3) is 0.944. The van der Waals surface area contributed by atoms with Crippen LogP contribution < -0.4 is 10.6 Å². The zero-order chi connectivity index (χ0) is 16.5. The van der Waals surface area contributed by atoms with Crippen molar-refractivity contribution in [2.24, 2.45) is 4.99 Å². The number of likely N-dealkylation sites (tertiary alicyclic amines) is 2. The summed E-state index contributed by atoms with van der Waals surface area (Å²) in [5.74, 6) is 1.01. The SMILES string of the molecule is CCNC(=NCCN1CCCCC1)NC1CCN(C(C)C)CC1. The van der Waals surface area contributed by atoms with Crippen molar-refractivity contribution in [1.29, 1.82) is 0 Å². The summed E-state index contributed by atoms with van der Waals surface area (Å²) in [7, 11) is 0. The Morgan fingerprint density at radius 1 is 1.09 bits per heavy atom. The fourth-order valence-electron chi connectivity index (χ4n) is 3.56. The molecule has 2 rings (SSSR count). The van der Waals surface area contributed by atoms with E-state index >= 15 is 0 Å². The number of hydrogen-bond donors (Lipinski definition) is 2. The maximum atomic E-state index is 4.79. The van der Waals surface area contributed by atoms with E-state index in [2.05, 4.69) is 41.2 Å². The summed E-state index contributed by atoms with van der Waals surface area (Å²) in [6, 6.07) is 1.24. The minimum atomic E-state index is 0.567. The van der Waals surface area contributed by atoms with Gasteiger partial charge in [0.25, 0.3) is 0 Å². The Balaban J connectivity index is 1.73. The molecule has 0 radical (unpaired) electrons. The Morgan fingerprint density at radius 3 is 2.39 bits per heavy atom. The van der Waals surface area contributed by atoms with Gasteiger partial charge in [0.1, 0.15) is 0 Å². The lowest BCUT2D eigenvalue weighted by Gasteiger charge is -2.35. The largest absolute Gasteiger partial charge is 0.357 e. The van der Waals surface area contributed by atoms with Gasteiger partial charge in [-0.05, 0) is 59.5 Å². The summed E-state index contributed by atoms with van der Waals surface area (Å²) < 4.78 is 0. The highest BCUT2D eigenvalue weighted by molar-refractivity contribution is 5.80. The Morgan fingerprint density at radius 2 is 1.78 bits per heavy atom. The van der Waals surface area contributed by atoms with Crippen LogP contribution in [0.3, 0.4) is 0 Å². The van der Waals surface area contributed by atoms with Gasteiger partial charge in [-0.2, -0.15) is 0 Å². The molecule has 2 N–H and O–H groups in total. The molecule has 2 aliphatic heterocycles. The van der Waals surface area contributed by atoms with E-state index in [-0.39, 0.29) is 0 Å². The second-order valence-corrected chi connectivity index (χ2v) is 7.21. The molecule has 23 heavy (non-hydrogen) atoms. The number of guanidine groups is 1. The van der Waals surface area contributed by atoms with Crippen LogP contribution >= 0.6 is 0 Å². The zero-order valence-corrected chi connectivity index (χ0v) is 15.5. The molecule has 0 atom stereocenters. The second kappa shape index (κ2) is 10.1. The highest BCUT2D eigenvalue weighted by atomic mass is 15.2. The van der Waals surface area contributed by atoms with Crippen LogP contribution in [0.25, 0.3) is 0 Å². The summed E-state index contributed by atoms with van der Waals surface area (Å²) in [6.07, 6.45) is 6.55. The first-order valence-corrected chi connectivity index (χ1v) is 9.70. The molecular weight excluding hydrogens is 286 g/mol. The molecule has 2 heterocycles. The van der Waals surface area contributed by atoms with Crippen molar-refractivity contribution in [3.05, 3.63) is 0 Å². The summed E-state index contributed by atoms with van der Waals surface area (Å²) in [4.78, 5) is 9.92. The van der Waals surface area contributed by atoms with Gasteiger partial charge in [-0.25, -0.2) is 0 Å². The predicted molar refractivity (Wildman–Crippen MR) is 99.1 cm³/mol. The topological polar surface area (TPSA) is 42.9 Å². The van der Waals surface area contributed by atoms with E-state index in [0.29, 0.717) is 12.1 Å². The minimum absolute atomic E-state index is 0.567. The van der Waals surface area contributed by atoms with Gasteiger partial charge >= 0.3 is 0 Å². The molecule has 0 aliphatic carbocycles. The monoisotopic (exact) mass is 323 g/mol. The van der Waals surface area contributed by atoms with E-state index in [9.17, 15) is 0 Å². The van der Waals surface area contributed by atoms with Crippen molar-refractivity contribution < 1.29 is 0 Å². The Bertz CT molecular complexity index is 341. The van der Waals surface area contributed by atoms with Gasteiger partial charge in [0.05, 0.1) is 6.54 Å². The lowest BCUT2D eigenvalue weighted by molar-refractivity contribution is 0.167. The van der Waals surface area contributed by atoms with Gasteiger partial charge in [-0.1, -0.05) is 6.42 Å². The van der Waals surface area contributed by atoms with Gasteiger partial charge < -0.3 is 20.4 Å². The van der Waals surface area contributed by atoms with Crippen molar-refractivity contribution in [1.82, 2.24) is 20.4 Å². The van der Waals surface area contributed by atoms with Crippen LogP contribution in [0.15, 0.2) is 4.99 Å². The third kappa shape index (κ3) is 6.68. The van der Waals surface area contributed by atoms with E-state index < -0.39 is 0 Å². The van der Waals surface area contributed by atoms with Gasteiger partial charge in [0.15, 0.2) is 5.96 Å². The normalized spacial score (nSPS) is 22.5. The lowest BCUT2D eigenvalue weighted by atomic mass is 10.0. The molecule has 0 bridgehead atoms. The van der Waals surface area contributed by atoms with Crippen LogP contribution in [0.5, 0.6) is 0 Å². The average molecular weight is 324 g/mol. The Hall–Kier alpha value is -0.810. The minimum Gasteiger partial charge on any atom is -0.357 e. The van der Waals surface area contributed by atoms with E-state index in [1.165, 1.54) is 58.3 Å².